The summed E-state index contributed by atoms with van der Waals surface area (Å²) in [6.45, 7) is 0.418. The summed E-state index contributed by atoms with van der Waals surface area (Å²) in [6.07, 6.45) is 2.48. The Labute approximate surface area is 347 Å². The van der Waals surface area contributed by atoms with Gasteiger partial charge in [-0.3, -0.25) is 43.2 Å². The minimum atomic E-state index is -1.71. The molecule has 0 bridgehead atoms. The predicted octanol–water partition coefficient (Wildman–Crippen LogP) is -2.38. The number of aromatic amines is 1. The number of benzene rings is 1. The molecule has 2 aromatic rings. The molecule has 3 saturated heterocycles. The van der Waals surface area contributed by atoms with Gasteiger partial charge in [0.2, 0.25) is 47.3 Å². The number of H-pyrrole nitrogens is 1. The van der Waals surface area contributed by atoms with Gasteiger partial charge in [0.15, 0.2) is 0 Å². The molecule has 0 spiro atoms. The lowest BCUT2D eigenvalue weighted by molar-refractivity contribution is -0.143. The summed E-state index contributed by atoms with van der Waals surface area (Å²) in [5.74, 6) is -7.23. The van der Waals surface area contributed by atoms with Crippen LogP contribution in [0.2, 0.25) is 0 Å². The molecule has 8 amide bonds. The number of nitrogens with one attached hydrogen (secondary N) is 8. The zero-order chi connectivity index (χ0) is 42.5. The van der Waals surface area contributed by atoms with Crippen LogP contribution in [-0.2, 0) is 49.6 Å². The molecule has 1 aromatic carbocycles. The van der Waals surface area contributed by atoms with Crippen molar-refractivity contribution in [3.63, 3.8) is 0 Å². The lowest BCUT2D eigenvalue weighted by Gasteiger charge is -2.30. The Balaban J connectivity index is 1.39. The lowest BCUT2D eigenvalue weighted by Crippen LogP contribution is -2.59. The molecule has 5 rings (SSSR count). The standard InChI is InChI=1S/C37H50N10O10S2/c38-32(52)27-19-59-58-13-9-29(48)44-26(17-41-33(53)20-7-10-39-11-8-20)34(54)42-18-30(49)43-24(15-31(50)51)35(55)45-25(14-21-16-40-23-5-2-1-4-22(21)23)37(57)47-12-3-6-28(47)36(56)46-27/h1-2,4-5,16,20,24-28,39-40H,3,6-15,17-19H2,(H2,38,52)(H,41,53)(H,42,54)(H,43,49)(H,44,48)(H,45,55)(H,46,56)(H,50,51)/t24?,25-,26?,27?,28?/m0/s1. The van der Waals surface area contributed by atoms with E-state index in [1.54, 1.807) is 12.3 Å². The molecule has 4 heterocycles. The van der Waals surface area contributed by atoms with Gasteiger partial charge in [-0.2, -0.15) is 0 Å². The van der Waals surface area contributed by atoms with E-state index in [9.17, 15) is 48.3 Å². The first-order chi connectivity index (χ1) is 28.3. The monoisotopic (exact) mass is 858 g/mol. The first kappa shape index (κ1) is 44.7. The van der Waals surface area contributed by atoms with Crippen molar-refractivity contribution in [2.45, 2.75) is 75.2 Å². The second kappa shape index (κ2) is 21.6. The molecule has 59 heavy (non-hydrogen) atoms. The van der Waals surface area contributed by atoms with Gasteiger partial charge in [0.25, 0.3) is 0 Å². The number of carbonyl (C=O) groups excluding carboxylic acids is 8. The summed E-state index contributed by atoms with van der Waals surface area (Å²) in [7, 11) is 2.40. The van der Waals surface area contributed by atoms with Crippen LogP contribution in [0.15, 0.2) is 30.5 Å². The minimum absolute atomic E-state index is 0.0347. The highest BCUT2D eigenvalue weighted by molar-refractivity contribution is 8.76. The van der Waals surface area contributed by atoms with Crippen molar-refractivity contribution >= 4 is 85.7 Å². The molecular weight excluding hydrogens is 809 g/mol. The number of amides is 8. The molecule has 22 heteroatoms. The Morgan fingerprint density at radius 1 is 0.864 bits per heavy atom. The summed E-state index contributed by atoms with van der Waals surface area (Å²) < 4.78 is 0. The summed E-state index contributed by atoms with van der Waals surface area (Å²) in [5.41, 5.74) is 7.03. The molecule has 320 valence electrons. The van der Waals surface area contributed by atoms with Crippen molar-refractivity contribution < 1.29 is 48.3 Å². The van der Waals surface area contributed by atoms with E-state index in [0.29, 0.717) is 37.9 Å². The van der Waals surface area contributed by atoms with Crippen molar-refractivity contribution in [3.05, 3.63) is 36.0 Å². The quantitative estimate of drug-likeness (QED) is 0.124. The van der Waals surface area contributed by atoms with E-state index in [2.05, 4.69) is 42.2 Å². The zero-order valence-corrected chi connectivity index (χ0v) is 33.8. The average Bonchev–Trinajstić information content (AvgIpc) is 3.87. The number of fused-ring (bicyclic) bond motifs is 2. The Morgan fingerprint density at radius 2 is 1.61 bits per heavy atom. The maximum atomic E-state index is 14.4. The molecule has 1 aromatic heterocycles. The minimum Gasteiger partial charge on any atom is -0.481 e. The van der Waals surface area contributed by atoms with Crippen molar-refractivity contribution in [3.8, 4) is 0 Å². The van der Waals surface area contributed by atoms with Crippen LogP contribution in [0.25, 0.3) is 10.9 Å². The van der Waals surface area contributed by atoms with Gasteiger partial charge >= 0.3 is 5.97 Å². The number of piperidine rings is 1. The van der Waals surface area contributed by atoms with Gasteiger partial charge in [-0.05, 0) is 50.4 Å². The van der Waals surface area contributed by atoms with E-state index < -0.39 is 90.5 Å². The van der Waals surface area contributed by atoms with Gasteiger partial charge in [-0.25, -0.2) is 0 Å². The lowest BCUT2D eigenvalue weighted by atomic mass is 9.97. The average molecular weight is 859 g/mol. The summed E-state index contributed by atoms with van der Waals surface area (Å²) >= 11 is 0. The van der Waals surface area contributed by atoms with E-state index in [1.807, 2.05) is 18.2 Å². The van der Waals surface area contributed by atoms with E-state index in [0.717, 1.165) is 10.9 Å². The number of nitrogens with two attached hydrogens (primary N) is 1. The Hall–Kier alpha value is -5.35. The molecule has 3 aliphatic heterocycles. The van der Waals surface area contributed by atoms with Gasteiger partial charge in [-0.15, -0.1) is 0 Å². The van der Waals surface area contributed by atoms with E-state index in [4.69, 9.17) is 5.73 Å². The number of carboxylic acid groups (broad SMARTS) is 1. The van der Waals surface area contributed by atoms with E-state index in [1.165, 1.54) is 26.5 Å². The molecule has 0 aliphatic carbocycles. The molecule has 20 nitrogen and oxygen atoms in total. The molecule has 0 saturated carbocycles. The first-order valence-corrected chi connectivity index (χ1v) is 21.9. The van der Waals surface area contributed by atoms with Crippen molar-refractivity contribution in [2.75, 3.05) is 44.2 Å². The van der Waals surface area contributed by atoms with Crippen molar-refractivity contribution in [2.24, 2.45) is 11.7 Å². The third-order valence-corrected chi connectivity index (χ3v) is 12.7. The second-order valence-corrected chi connectivity index (χ2v) is 17.1. The van der Waals surface area contributed by atoms with Gasteiger partial charge < -0.3 is 57.9 Å². The van der Waals surface area contributed by atoms with Crippen molar-refractivity contribution in [1.29, 1.82) is 0 Å². The summed E-state index contributed by atoms with van der Waals surface area (Å²) in [6, 6.07) is 0.744. The van der Waals surface area contributed by atoms with Crippen LogP contribution >= 0.6 is 21.6 Å². The van der Waals surface area contributed by atoms with Gasteiger partial charge in [0, 0.05) is 60.5 Å². The summed E-state index contributed by atoms with van der Waals surface area (Å²) in [5, 5.41) is 28.8. The highest BCUT2D eigenvalue weighted by atomic mass is 33.1. The number of aromatic nitrogens is 1. The molecule has 4 unspecified atom stereocenters. The predicted molar refractivity (Wildman–Crippen MR) is 217 cm³/mol. The molecule has 11 N–H and O–H groups in total. The van der Waals surface area contributed by atoms with Crippen LogP contribution in [0.4, 0.5) is 0 Å². The fourth-order valence-electron chi connectivity index (χ4n) is 7.10. The topological polar surface area (TPSA) is 303 Å². The number of carboxylic acids is 1. The zero-order valence-electron chi connectivity index (χ0n) is 32.2. The number of primary amides is 1. The van der Waals surface area contributed by atoms with Crippen LogP contribution in [0.1, 0.15) is 44.1 Å². The highest BCUT2D eigenvalue weighted by Crippen LogP contribution is 2.25. The third-order valence-electron chi connectivity index (χ3n) is 10.2. The van der Waals surface area contributed by atoms with Crippen molar-refractivity contribution in [1.82, 2.24) is 47.1 Å². The van der Waals surface area contributed by atoms with Crippen LogP contribution in [0.5, 0.6) is 0 Å². The normalized spacial score (nSPS) is 25.2. The molecule has 0 radical (unpaired) electrons. The van der Waals surface area contributed by atoms with Crippen LogP contribution < -0.4 is 43.0 Å². The first-order valence-electron chi connectivity index (χ1n) is 19.4. The number of hydrogen-bond donors (Lipinski definition) is 10. The number of hydrogen-bond acceptors (Lipinski definition) is 12. The van der Waals surface area contributed by atoms with Crippen LogP contribution in [-0.4, -0.2) is 143 Å². The largest absolute Gasteiger partial charge is 0.481 e. The van der Waals surface area contributed by atoms with E-state index >= 15 is 0 Å². The molecular formula is C37H50N10O10S2. The highest BCUT2D eigenvalue weighted by Gasteiger charge is 2.40. The third kappa shape index (κ3) is 12.8. The fraction of sp³-hybridized carbons (Fsp3) is 0.541. The Kier molecular flexibility index (Phi) is 16.4. The summed E-state index contributed by atoms with van der Waals surface area (Å²) in [4.78, 5) is 123. The van der Waals surface area contributed by atoms with Crippen LogP contribution in [0.3, 0.4) is 0 Å². The maximum absolute atomic E-state index is 14.4. The van der Waals surface area contributed by atoms with Gasteiger partial charge in [-0.1, -0.05) is 39.8 Å². The van der Waals surface area contributed by atoms with Gasteiger partial charge in [0.1, 0.15) is 30.2 Å². The number of para-hydroxylation sites is 1. The van der Waals surface area contributed by atoms with Gasteiger partial charge in [0.05, 0.1) is 13.0 Å². The molecule has 3 aliphatic rings. The number of rotatable bonds is 8. The maximum Gasteiger partial charge on any atom is 0.305 e. The Morgan fingerprint density at radius 3 is 2.36 bits per heavy atom. The fourth-order valence-corrected chi connectivity index (χ4v) is 9.26. The number of carbonyl (C=O) groups is 9. The second-order valence-electron chi connectivity index (χ2n) is 14.5. The Bertz CT molecular complexity index is 1910. The SMILES string of the molecule is NC(=O)C1CSSCCC(=O)NC(CNC(=O)C2CCNCC2)C(=O)NCC(=O)NC(CC(=O)O)C(=O)N[C@@H](Cc2c[nH]c3ccccc23)C(=O)N2CCCC2C(=O)N1. The molecule has 3 fully saturated rings. The number of aliphatic carboxylic acids is 1. The van der Waals surface area contributed by atoms with E-state index in [-0.39, 0.29) is 55.7 Å². The molecule has 5 atom stereocenters. The smallest absolute Gasteiger partial charge is 0.305 e. The number of nitrogens with zero attached hydrogens (tertiary/aromatic N) is 1. The van der Waals surface area contributed by atoms with Crippen LogP contribution in [0, 0.1) is 5.92 Å².